The zero-order valence-electron chi connectivity index (χ0n) is 12.1. The van der Waals surface area contributed by atoms with E-state index in [2.05, 4.69) is 10.6 Å². The third-order valence-corrected chi connectivity index (χ3v) is 4.17. The summed E-state index contributed by atoms with van der Waals surface area (Å²) in [6.07, 6.45) is 0.938. The van der Waals surface area contributed by atoms with Gasteiger partial charge in [0.05, 0.1) is 6.54 Å². The zero-order valence-corrected chi connectivity index (χ0v) is 13.0. The molecule has 3 amide bonds. The first kappa shape index (κ1) is 16.9. The SMILES string of the molecule is CCc1ccc(CNC(=O)NC(=O)/C(C)=C(/C)C(=O)O)s1. The van der Waals surface area contributed by atoms with E-state index in [-0.39, 0.29) is 11.1 Å². The highest BCUT2D eigenvalue weighted by Crippen LogP contribution is 2.16. The summed E-state index contributed by atoms with van der Waals surface area (Å²) in [5.41, 5.74) is -0.0896. The summed E-state index contributed by atoms with van der Waals surface area (Å²) in [7, 11) is 0. The van der Waals surface area contributed by atoms with Crippen LogP contribution in [0, 0.1) is 0 Å². The summed E-state index contributed by atoms with van der Waals surface area (Å²) in [6, 6.07) is 3.27. The molecule has 7 heteroatoms. The maximum absolute atomic E-state index is 11.7. The van der Waals surface area contributed by atoms with Crippen molar-refractivity contribution in [1.29, 1.82) is 0 Å². The lowest BCUT2D eigenvalue weighted by Crippen LogP contribution is -2.39. The minimum absolute atomic E-state index is 0.00189. The molecule has 3 N–H and O–H groups in total. The molecule has 0 atom stereocenters. The van der Waals surface area contributed by atoms with Crippen LogP contribution in [-0.4, -0.2) is 23.0 Å². The van der Waals surface area contributed by atoms with Crippen molar-refractivity contribution in [2.45, 2.75) is 33.7 Å². The van der Waals surface area contributed by atoms with E-state index in [1.54, 1.807) is 11.3 Å². The molecule has 0 spiro atoms. The number of carbonyl (C=O) groups is 3. The number of carbonyl (C=O) groups excluding carboxylic acids is 2. The Morgan fingerprint density at radius 2 is 1.76 bits per heavy atom. The molecule has 21 heavy (non-hydrogen) atoms. The number of imide groups is 1. The monoisotopic (exact) mass is 310 g/mol. The van der Waals surface area contributed by atoms with Crippen LogP contribution in [0.25, 0.3) is 0 Å². The van der Waals surface area contributed by atoms with E-state index in [1.807, 2.05) is 19.1 Å². The van der Waals surface area contributed by atoms with Crippen molar-refractivity contribution in [2.75, 3.05) is 0 Å². The molecular weight excluding hydrogens is 292 g/mol. The number of thiophene rings is 1. The van der Waals surface area contributed by atoms with E-state index < -0.39 is 17.9 Å². The van der Waals surface area contributed by atoms with Gasteiger partial charge in [0.2, 0.25) is 0 Å². The van der Waals surface area contributed by atoms with Crippen LogP contribution < -0.4 is 10.6 Å². The molecule has 0 aliphatic rings. The second-order valence-corrected chi connectivity index (χ2v) is 5.67. The van der Waals surface area contributed by atoms with Gasteiger partial charge in [0, 0.05) is 20.9 Å². The van der Waals surface area contributed by atoms with Gasteiger partial charge in [-0.15, -0.1) is 11.3 Å². The molecule has 1 rings (SSSR count). The van der Waals surface area contributed by atoms with Crippen molar-refractivity contribution in [3.05, 3.63) is 33.0 Å². The van der Waals surface area contributed by atoms with Gasteiger partial charge in [0.15, 0.2) is 0 Å². The number of amides is 3. The largest absolute Gasteiger partial charge is 0.478 e. The minimum atomic E-state index is -1.19. The molecule has 114 valence electrons. The lowest BCUT2D eigenvalue weighted by Gasteiger charge is -2.07. The van der Waals surface area contributed by atoms with Gasteiger partial charge >= 0.3 is 12.0 Å². The van der Waals surface area contributed by atoms with Crippen LogP contribution in [0.2, 0.25) is 0 Å². The predicted molar refractivity (Wildman–Crippen MR) is 80.1 cm³/mol. The molecule has 0 fully saturated rings. The van der Waals surface area contributed by atoms with Gasteiger partial charge in [0.1, 0.15) is 0 Å². The first-order chi connectivity index (χ1) is 9.85. The van der Waals surface area contributed by atoms with E-state index in [9.17, 15) is 14.4 Å². The highest BCUT2D eigenvalue weighted by Gasteiger charge is 2.15. The second kappa shape index (κ2) is 7.58. The number of carboxylic acids is 1. The quantitative estimate of drug-likeness (QED) is 0.725. The van der Waals surface area contributed by atoms with E-state index >= 15 is 0 Å². The van der Waals surface area contributed by atoms with Crippen molar-refractivity contribution in [1.82, 2.24) is 10.6 Å². The van der Waals surface area contributed by atoms with Crippen LogP contribution in [0.15, 0.2) is 23.3 Å². The number of hydrogen-bond donors (Lipinski definition) is 3. The third-order valence-electron chi connectivity index (χ3n) is 2.94. The number of aliphatic carboxylic acids is 1. The second-order valence-electron chi connectivity index (χ2n) is 4.41. The van der Waals surface area contributed by atoms with E-state index in [1.165, 1.54) is 18.7 Å². The van der Waals surface area contributed by atoms with Crippen molar-refractivity contribution in [2.24, 2.45) is 0 Å². The van der Waals surface area contributed by atoms with Gasteiger partial charge in [-0.1, -0.05) is 6.92 Å². The molecule has 1 aromatic heterocycles. The molecule has 6 nitrogen and oxygen atoms in total. The van der Waals surface area contributed by atoms with Crippen molar-refractivity contribution >= 4 is 29.2 Å². The molecule has 0 bridgehead atoms. The maximum Gasteiger partial charge on any atom is 0.331 e. The molecule has 0 radical (unpaired) electrons. The molecule has 0 aromatic carbocycles. The van der Waals surface area contributed by atoms with Crippen LogP contribution in [0.5, 0.6) is 0 Å². The fourth-order valence-corrected chi connectivity index (χ4v) is 2.34. The van der Waals surface area contributed by atoms with E-state index in [0.717, 1.165) is 11.3 Å². The number of nitrogens with one attached hydrogen (secondary N) is 2. The van der Waals surface area contributed by atoms with Crippen molar-refractivity contribution in [3.63, 3.8) is 0 Å². The first-order valence-electron chi connectivity index (χ1n) is 6.42. The van der Waals surface area contributed by atoms with E-state index in [4.69, 9.17) is 5.11 Å². The predicted octanol–water partition coefficient (Wildman–Crippen LogP) is 2.06. The van der Waals surface area contributed by atoms with Gasteiger partial charge in [-0.05, 0) is 32.4 Å². The highest BCUT2D eigenvalue weighted by molar-refractivity contribution is 7.11. The minimum Gasteiger partial charge on any atom is -0.478 e. The number of aryl methyl sites for hydroxylation is 1. The molecule has 1 heterocycles. The lowest BCUT2D eigenvalue weighted by molar-refractivity contribution is -0.133. The third kappa shape index (κ3) is 5.03. The Bertz CT molecular complexity index is 590. The average Bonchev–Trinajstić information content (AvgIpc) is 2.91. The maximum atomic E-state index is 11.7. The Labute approximate surface area is 126 Å². The Morgan fingerprint density at radius 1 is 1.14 bits per heavy atom. The number of carboxylic acid groups (broad SMARTS) is 1. The van der Waals surface area contributed by atoms with Gasteiger partial charge in [0.25, 0.3) is 5.91 Å². The summed E-state index contributed by atoms with van der Waals surface area (Å²) in [5.74, 6) is -1.90. The average molecular weight is 310 g/mol. The fourth-order valence-electron chi connectivity index (χ4n) is 1.45. The summed E-state index contributed by atoms with van der Waals surface area (Å²) in [5, 5.41) is 13.4. The van der Waals surface area contributed by atoms with Gasteiger partial charge in [-0.3, -0.25) is 10.1 Å². The van der Waals surface area contributed by atoms with Crippen molar-refractivity contribution in [3.8, 4) is 0 Å². The smallest absolute Gasteiger partial charge is 0.331 e. The van der Waals surface area contributed by atoms with Gasteiger partial charge in [-0.2, -0.15) is 0 Å². The first-order valence-corrected chi connectivity index (χ1v) is 7.24. The normalized spacial score (nSPS) is 11.6. The number of hydrogen-bond acceptors (Lipinski definition) is 4. The molecule has 0 unspecified atom stereocenters. The molecule has 0 aliphatic carbocycles. The summed E-state index contributed by atoms with van der Waals surface area (Å²) >= 11 is 1.59. The number of rotatable bonds is 5. The topological polar surface area (TPSA) is 95.5 Å². The molecule has 0 saturated carbocycles. The van der Waals surface area contributed by atoms with Gasteiger partial charge < -0.3 is 10.4 Å². The Morgan fingerprint density at radius 3 is 2.29 bits per heavy atom. The summed E-state index contributed by atoms with van der Waals surface area (Å²) < 4.78 is 0. The molecule has 0 aliphatic heterocycles. The Kier molecular flexibility index (Phi) is 6.10. The summed E-state index contributed by atoms with van der Waals surface area (Å²) in [4.78, 5) is 36.2. The van der Waals surface area contributed by atoms with Crippen LogP contribution in [0.3, 0.4) is 0 Å². The van der Waals surface area contributed by atoms with Gasteiger partial charge in [-0.25, -0.2) is 9.59 Å². The standard InChI is InChI=1S/C14H18N2O4S/c1-4-10-5-6-11(21-10)7-15-14(20)16-12(17)8(2)9(3)13(18)19/h5-6H,4,7H2,1-3H3,(H,18,19)(H2,15,16,17,20)/b9-8-. The zero-order chi connectivity index (χ0) is 16.0. The molecule has 0 saturated heterocycles. The Balaban J connectivity index is 2.52. The summed E-state index contributed by atoms with van der Waals surface area (Å²) in [6.45, 7) is 5.05. The lowest BCUT2D eigenvalue weighted by atomic mass is 10.1. The van der Waals surface area contributed by atoms with Crippen LogP contribution >= 0.6 is 11.3 Å². The highest BCUT2D eigenvalue weighted by atomic mass is 32.1. The Hall–Kier alpha value is -2.15. The fraction of sp³-hybridized carbons (Fsp3) is 0.357. The molecule has 1 aromatic rings. The van der Waals surface area contributed by atoms with E-state index in [0.29, 0.717) is 6.54 Å². The van der Waals surface area contributed by atoms with Crippen LogP contribution in [0.4, 0.5) is 4.79 Å². The van der Waals surface area contributed by atoms with Crippen LogP contribution in [0.1, 0.15) is 30.5 Å². The van der Waals surface area contributed by atoms with Crippen LogP contribution in [-0.2, 0) is 22.6 Å². The van der Waals surface area contributed by atoms with Crippen molar-refractivity contribution < 1.29 is 19.5 Å². The number of urea groups is 1. The molecular formula is C14H18N2O4S.